The normalized spacial score (nSPS) is 25.6. The van der Waals surface area contributed by atoms with Gasteiger partial charge in [-0.3, -0.25) is 9.69 Å². The van der Waals surface area contributed by atoms with Gasteiger partial charge in [-0.25, -0.2) is 0 Å². The monoisotopic (exact) mass is 196 g/mol. The summed E-state index contributed by atoms with van der Waals surface area (Å²) in [5, 5.41) is 0. The Balaban J connectivity index is 1.80. The predicted octanol–water partition coefficient (Wildman–Crippen LogP) is 1.09. The van der Waals surface area contributed by atoms with E-state index >= 15 is 0 Å². The van der Waals surface area contributed by atoms with Crippen LogP contribution in [0.2, 0.25) is 0 Å². The minimum atomic E-state index is 0.232. The molecule has 0 spiro atoms. The molecule has 0 N–H and O–H groups in total. The summed E-state index contributed by atoms with van der Waals surface area (Å²) in [7, 11) is 0. The second-order valence-corrected chi connectivity index (χ2v) is 4.48. The summed E-state index contributed by atoms with van der Waals surface area (Å²) in [6.45, 7) is 5.72. The van der Waals surface area contributed by atoms with E-state index in [0.717, 1.165) is 32.2 Å². The zero-order chi connectivity index (χ0) is 9.97. The van der Waals surface area contributed by atoms with E-state index in [2.05, 4.69) is 4.90 Å². The summed E-state index contributed by atoms with van der Waals surface area (Å²) < 4.78 is 0. The molecule has 2 aliphatic rings. The Kier molecular flexibility index (Phi) is 3.06. The lowest BCUT2D eigenvalue weighted by molar-refractivity contribution is -0.130. The quantitative estimate of drug-likeness (QED) is 0.627. The zero-order valence-corrected chi connectivity index (χ0v) is 9.04. The third kappa shape index (κ3) is 2.08. The second kappa shape index (κ2) is 4.30. The fourth-order valence-electron chi connectivity index (χ4n) is 2.67. The van der Waals surface area contributed by atoms with Gasteiger partial charge in [0.05, 0.1) is 0 Å². The zero-order valence-electron chi connectivity index (χ0n) is 9.04. The standard InChI is InChI=1S/C11H20N2O/c1-10(14)12-6-8-13(9-7-12)11-4-2-3-5-11/h11H,2-9H2,1H3. The number of rotatable bonds is 1. The van der Waals surface area contributed by atoms with E-state index in [9.17, 15) is 4.79 Å². The number of piperazine rings is 1. The van der Waals surface area contributed by atoms with Crippen molar-refractivity contribution in [2.24, 2.45) is 0 Å². The molecule has 0 aromatic rings. The molecular formula is C11H20N2O. The maximum Gasteiger partial charge on any atom is 0.219 e. The molecule has 0 aromatic carbocycles. The first-order valence-electron chi connectivity index (χ1n) is 5.77. The van der Waals surface area contributed by atoms with Crippen molar-refractivity contribution in [1.29, 1.82) is 0 Å². The molecule has 1 aliphatic carbocycles. The second-order valence-electron chi connectivity index (χ2n) is 4.48. The van der Waals surface area contributed by atoms with Crippen molar-refractivity contribution in [1.82, 2.24) is 9.80 Å². The Hall–Kier alpha value is -0.570. The van der Waals surface area contributed by atoms with Crippen molar-refractivity contribution >= 4 is 5.91 Å². The van der Waals surface area contributed by atoms with Crippen LogP contribution in [0.3, 0.4) is 0 Å². The van der Waals surface area contributed by atoms with E-state index in [1.807, 2.05) is 4.90 Å². The van der Waals surface area contributed by atoms with Crippen LogP contribution in [0.4, 0.5) is 0 Å². The van der Waals surface area contributed by atoms with E-state index in [1.54, 1.807) is 6.92 Å². The van der Waals surface area contributed by atoms with Crippen LogP contribution < -0.4 is 0 Å². The fraction of sp³-hybridized carbons (Fsp3) is 0.909. The average Bonchev–Trinajstić information content (AvgIpc) is 2.71. The molecule has 0 unspecified atom stereocenters. The van der Waals surface area contributed by atoms with Gasteiger partial charge in [0, 0.05) is 39.1 Å². The van der Waals surface area contributed by atoms with Crippen LogP contribution in [0.5, 0.6) is 0 Å². The average molecular weight is 196 g/mol. The largest absolute Gasteiger partial charge is 0.340 e. The lowest BCUT2D eigenvalue weighted by Gasteiger charge is -2.37. The Bertz CT molecular complexity index is 203. The maximum atomic E-state index is 11.1. The smallest absolute Gasteiger partial charge is 0.219 e. The highest BCUT2D eigenvalue weighted by molar-refractivity contribution is 5.73. The van der Waals surface area contributed by atoms with E-state index in [-0.39, 0.29) is 5.91 Å². The molecule has 2 rings (SSSR count). The van der Waals surface area contributed by atoms with E-state index in [1.165, 1.54) is 25.7 Å². The van der Waals surface area contributed by atoms with E-state index in [0.29, 0.717) is 0 Å². The van der Waals surface area contributed by atoms with Gasteiger partial charge in [-0.15, -0.1) is 0 Å². The molecule has 80 valence electrons. The summed E-state index contributed by atoms with van der Waals surface area (Å²) in [4.78, 5) is 15.7. The molecule has 1 saturated carbocycles. The molecule has 0 radical (unpaired) electrons. The van der Waals surface area contributed by atoms with Crippen LogP contribution in [0, 0.1) is 0 Å². The Morgan fingerprint density at radius 1 is 1.07 bits per heavy atom. The molecule has 14 heavy (non-hydrogen) atoms. The number of hydrogen-bond acceptors (Lipinski definition) is 2. The maximum absolute atomic E-state index is 11.1. The SMILES string of the molecule is CC(=O)N1CCN(C2CCCC2)CC1. The third-order valence-electron chi connectivity index (χ3n) is 3.60. The lowest BCUT2D eigenvalue weighted by Crippen LogP contribution is -2.50. The van der Waals surface area contributed by atoms with Crippen molar-refractivity contribution in [3.8, 4) is 0 Å². The minimum Gasteiger partial charge on any atom is -0.340 e. The first-order chi connectivity index (χ1) is 6.77. The molecule has 3 heteroatoms. The first kappa shape index (κ1) is 9.97. The predicted molar refractivity (Wildman–Crippen MR) is 56.1 cm³/mol. The number of hydrogen-bond donors (Lipinski definition) is 0. The van der Waals surface area contributed by atoms with Crippen LogP contribution >= 0.6 is 0 Å². The number of carbonyl (C=O) groups excluding carboxylic acids is 1. The number of nitrogens with zero attached hydrogens (tertiary/aromatic N) is 2. The molecule has 1 aliphatic heterocycles. The minimum absolute atomic E-state index is 0.232. The molecule has 1 heterocycles. The molecule has 2 fully saturated rings. The van der Waals surface area contributed by atoms with Gasteiger partial charge < -0.3 is 4.90 Å². The van der Waals surface area contributed by atoms with Crippen LogP contribution in [0.1, 0.15) is 32.6 Å². The number of amides is 1. The highest BCUT2D eigenvalue weighted by Crippen LogP contribution is 2.24. The van der Waals surface area contributed by atoms with Gasteiger partial charge in [0.25, 0.3) is 0 Å². The van der Waals surface area contributed by atoms with Crippen LogP contribution in [0.25, 0.3) is 0 Å². The summed E-state index contributed by atoms with van der Waals surface area (Å²) in [6, 6.07) is 0.823. The van der Waals surface area contributed by atoms with Gasteiger partial charge in [-0.2, -0.15) is 0 Å². The Morgan fingerprint density at radius 3 is 2.14 bits per heavy atom. The highest BCUT2D eigenvalue weighted by atomic mass is 16.2. The van der Waals surface area contributed by atoms with E-state index < -0.39 is 0 Å². The van der Waals surface area contributed by atoms with Crippen molar-refractivity contribution in [2.45, 2.75) is 38.6 Å². The molecule has 1 saturated heterocycles. The van der Waals surface area contributed by atoms with Crippen LogP contribution in [-0.2, 0) is 4.79 Å². The molecule has 0 bridgehead atoms. The third-order valence-corrected chi connectivity index (χ3v) is 3.60. The summed E-state index contributed by atoms with van der Waals surface area (Å²) in [6.07, 6.45) is 5.55. The summed E-state index contributed by atoms with van der Waals surface area (Å²) in [5.74, 6) is 0.232. The van der Waals surface area contributed by atoms with Gasteiger partial charge >= 0.3 is 0 Å². The van der Waals surface area contributed by atoms with Gasteiger partial charge in [0.15, 0.2) is 0 Å². The topological polar surface area (TPSA) is 23.6 Å². The molecule has 3 nitrogen and oxygen atoms in total. The molecule has 1 amide bonds. The van der Waals surface area contributed by atoms with Gasteiger partial charge in [-0.05, 0) is 12.8 Å². The first-order valence-corrected chi connectivity index (χ1v) is 5.77. The molecule has 0 atom stereocenters. The van der Waals surface area contributed by atoms with Gasteiger partial charge in [0.1, 0.15) is 0 Å². The summed E-state index contributed by atoms with van der Waals surface area (Å²) >= 11 is 0. The molecular weight excluding hydrogens is 176 g/mol. The summed E-state index contributed by atoms with van der Waals surface area (Å²) in [5.41, 5.74) is 0. The highest BCUT2D eigenvalue weighted by Gasteiger charge is 2.26. The van der Waals surface area contributed by atoms with Gasteiger partial charge in [-0.1, -0.05) is 12.8 Å². The fourth-order valence-corrected chi connectivity index (χ4v) is 2.67. The van der Waals surface area contributed by atoms with Crippen LogP contribution in [0.15, 0.2) is 0 Å². The van der Waals surface area contributed by atoms with Gasteiger partial charge in [0.2, 0.25) is 5.91 Å². The Morgan fingerprint density at radius 2 is 1.64 bits per heavy atom. The molecule has 0 aromatic heterocycles. The van der Waals surface area contributed by atoms with Crippen molar-refractivity contribution in [3.63, 3.8) is 0 Å². The number of carbonyl (C=O) groups is 1. The van der Waals surface area contributed by atoms with Crippen molar-refractivity contribution < 1.29 is 4.79 Å². The Labute approximate surface area is 86.1 Å². The van der Waals surface area contributed by atoms with Crippen molar-refractivity contribution in [2.75, 3.05) is 26.2 Å². The van der Waals surface area contributed by atoms with E-state index in [4.69, 9.17) is 0 Å². The van der Waals surface area contributed by atoms with Crippen LogP contribution in [-0.4, -0.2) is 47.9 Å². The van der Waals surface area contributed by atoms with Crippen molar-refractivity contribution in [3.05, 3.63) is 0 Å². The lowest BCUT2D eigenvalue weighted by atomic mass is 10.2.